The van der Waals surface area contributed by atoms with Crippen LogP contribution in [-0.4, -0.2) is 26.0 Å². The minimum absolute atomic E-state index is 0.0820. The fourth-order valence-electron chi connectivity index (χ4n) is 2.87. The van der Waals surface area contributed by atoms with Crippen LogP contribution in [0.4, 0.5) is 5.69 Å². The van der Waals surface area contributed by atoms with Crippen LogP contribution < -0.4 is 10.0 Å². The standard InChI is InChI=1S/C22H22N2O4S/c25-22(26)19-11-12-20(23-16-18-9-5-2-6-10-18)21(15-19)29(27,28)24-14-13-17-7-3-1-4-8-17/h1-12,15,23-24H,13-14,16H2,(H,25,26). The Morgan fingerprint density at radius 3 is 2.10 bits per heavy atom. The van der Waals surface area contributed by atoms with Crippen LogP contribution in [0.3, 0.4) is 0 Å². The molecule has 0 fully saturated rings. The minimum Gasteiger partial charge on any atom is -0.478 e. The zero-order chi connectivity index (χ0) is 20.7. The van der Waals surface area contributed by atoms with Crippen LogP contribution in [0.15, 0.2) is 83.8 Å². The topological polar surface area (TPSA) is 95.5 Å². The summed E-state index contributed by atoms with van der Waals surface area (Å²) in [4.78, 5) is 11.3. The number of nitrogens with one attached hydrogen (secondary N) is 2. The summed E-state index contributed by atoms with van der Waals surface area (Å²) in [6, 6.07) is 23.1. The second-order valence-electron chi connectivity index (χ2n) is 6.49. The van der Waals surface area contributed by atoms with Gasteiger partial charge in [0.1, 0.15) is 4.90 Å². The molecule has 0 aliphatic carbocycles. The van der Waals surface area contributed by atoms with Crippen LogP contribution >= 0.6 is 0 Å². The summed E-state index contributed by atoms with van der Waals surface area (Å²) in [7, 11) is -3.90. The van der Waals surface area contributed by atoms with Crippen molar-refractivity contribution in [3.63, 3.8) is 0 Å². The van der Waals surface area contributed by atoms with Gasteiger partial charge in [-0.15, -0.1) is 0 Å². The molecule has 0 saturated heterocycles. The summed E-state index contributed by atoms with van der Waals surface area (Å²) < 4.78 is 28.3. The highest BCUT2D eigenvalue weighted by molar-refractivity contribution is 7.89. The molecular formula is C22H22N2O4S. The monoisotopic (exact) mass is 410 g/mol. The normalized spacial score (nSPS) is 11.2. The van der Waals surface area contributed by atoms with Gasteiger partial charge in [0.25, 0.3) is 0 Å². The summed E-state index contributed by atoms with van der Waals surface area (Å²) in [5.74, 6) is -1.18. The molecule has 0 radical (unpaired) electrons. The van der Waals surface area contributed by atoms with Gasteiger partial charge in [0.05, 0.1) is 11.3 Å². The van der Waals surface area contributed by atoms with E-state index in [1.807, 2.05) is 60.7 Å². The van der Waals surface area contributed by atoms with Crippen molar-refractivity contribution in [1.29, 1.82) is 0 Å². The Bertz CT molecular complexity index is 1070. The molecule has 0 amide bonds. The molecule has 3 aromatic carbocycles. The van der Waals surface area contributed by atoms with Crippen LogP contribution in [0.25, 0.3) is 0 Å². The Balaban J connectivity index is 1.79. The molecule has 150 valence electrons. The molecule has 3 N–H and O–H groups in total. The number of carboxylic acids is 1. The van der Waals surface area contributed by atoms with Crippen molar-refractivity contribution in [2.75, 3.05) is 11.9 Å². The average Bonchev–Trinajstić information content (AvgIpc) is 2.73. The number of aromatic carboxylic acids is 1. The van der Waals surface area contributed by atoms with E-state index in [4.69, 9.17) is 0 Å². The van der Waals surface area contributed by atoms with Crippen LogP contribution in [0.2, 0.25) is 0 Å². The van der Waals surface area contributed by atoms with Gasteiger partial charge in [0.15, 0.2) is 0 Å². The number of hydrogen-bond acceptors (Lipinski definition) is 4. The molecule has 3 aromatic rings. The number of rotatable bonds is 9. The van der Waals surface area contributed by atoms with Crippen LogP contribution in [0.5, 0.6) is 0 Å². The molecule has 0 atom stereocenters. The van der Waals surface area contributed by atoms with Crippen molar-refractivity contribution < 1.29 is 18.3 Å². The number of anilines is 1. The SMILES string of the molecule is O=C(O)c1ccc(NCc2ccccc2)c(S(=O)(=O)NCCc2ccccc2)c1. The first-order valence-corrected chi connectivity index (χ1v) is 10.6. The van der Waals surface area contributed by atoms with Gasteiger partial charge in [-0.1, -0.05) is 60.7 Å². The van der Waals surface area contributed by atoms with Crippen LogP contribution in [0.1, 0.15) is 21.5 Å². The van der Waals surface area contributed by atoms with Crippen molar-refractivity contribution in [3.05, 3.63) is 95.6 Å². The van der Waals surface area contributed by atoms with Gasteiger partial charge in [-0.2, -0.15) is 0 Å². The molecule has 0 aliphatic rings. The maximum atomic E-state index is 12.9. The Labute approximate surface area is 170 Å². The molecule has 29 heavy (non-hydrogen) atoms. The van der Waals surface area contributed by atoms with Crippen molar-refractivity contribution in [1.82, 2.24) is 4.72 Å². The molecule has 0 unspecified atom stereocenters. The smallest absolute Gasteiger partial charge is 0.335 e. The molecule has 0 spiro atoms. The van der Waals surface area contributed by atoms with Gasteiger partial charge in [-0.05, 0) is 35.7 Å². The number of sulfonamides is 1. The predicted octanol–water partition coefficient (Wildman–Crippen LogP) is 3.52. The summed E-state index contributed by atoms with van der Waals surface area (Å²) in [6.45, 7) is 0.627. The summed E-state index contributed by atoms with van der Waals surface area (Å²) in [6.07, 6.45) is 0.533. The lowest BCUT2D eigenvalue weighted by Crippen LogP contribution is -2.27. The van der Waals surface area contributed by atoms with E-state index in [2.05, 4.69) is 10.0 Å². The third-order valence-corrected chi connectivity index (χ3v) is 5.89. The first-order chi connectivity index (χ1) is 14.0. The second-order valence-corrected chi connectivity index (χ2v) is 8.22. The fraction of sp³-hybridized carbons (Fsp3) is 0.136. The summed E-state index contributed by atoms with van der Waals surface area (Å²) in [5.41, 5.74) is 2.26. The van der Waals surface area contributed by atoms with Crippen molar-refractivity contribution in [2.24, 2.45) is 0 Å². The summed E-state index contributed by atoms with van der Waals surface area (Å²) in [5, 5.41) is 12.4. The molecule has 0 saturated carbocycles. The third-order valence-electron chi connectivity index (χ3n) is 4.39. The van der Waals surface area contributed by atoms with Crippen molar-refractivity contribution in [2.45, 2.75) is 17.9 Å². The number of benzene rings is 3. The van der Waals surface area contributed by atoms with Gasteiger partial charge >= 0.3 is 5.97 Å². The van der Waals surface area contributed by atoms with E-state index < -0.39 is 16.0 Å². The largest absolute Gasteiger partial charge is 0.478 e. The van der Waals surface area contributed by atoms with Gasteiger partial charge in [0.2, 0.25) is 10.0 Å². The van der Waals surface area contributed by atoms with Gasteiger partial charge < -0.3 is 10.4 Å². The van der Waals surface area contributed by atoms with Gasteiger partial charge in [0, 0.05) is 13.1 Å². The minimum atomic E-state index is -3.90. The molecule has 3 rings (SSSR count). The van der Waals surface area contributed by atoms with Crippen molar-refractivity contribution >= 4 is 21.7 Å². The Morgan fingerprint density at radius 1 is 0.862 bits per heavy atom. The van der Waals surface area contributed by atoms with E-state index in [0.717, 1.165) is 11.1 Å². The van der Waals surface area contributed by atoms with E-state index in [1.54, 1.807) is 0 Å². The Hall–Kier alpha value is -3.16. The molecule has 6 nitrogen and oxygen atoms in total. The molecule has 0 aromatic heterocycles. The number of carboxylic acid groups (broad SMARTS) is 1. The van der Waals surface area contributed by atoms with Crippen LogP contribution in [-0.2, 0) is 23.0 Å². The highest BCUT2D eigenvalue weighted by atomic mass is 32.2. The lowest BCUT2D eigenvalue weighted by atomic mass is 10.2. The van der Waals surface area contributed by atoms with Crippen LogP contribution in [0, 0.1) is 0 Å². The van der Waals surface area contributed by atoms with Gasteiger partial charge in [-0.25, -0.2) is 17.9 Å². The Kier molecular flexibility index (Phi) is 6.64. The second kappa shape index (κ2) is 9.36. The van der Waals surface area contributed by atoms with E-state index >= 15 is 0 Å². The first-order valence-electron chi connectivity index (χ1n) is 9.14. The lowest BCUT2D eigenvalue weighted by molar-refractivity contribution is 0.0696. The predicted molar refractivity (Wildman–Crippen MR) is 113 cm³/mol. The van der Waals surface area contributed by atoms with E-state index in [1.165, 1.54) is 18.2 Å². The summed E-state index contributed by atoms with van der Waals surface area (Å²) >= 11 is 0. The maximum absolute atomic E-state index is 12.9. The lowest BCUT2D eigenvalue weighted by Gasteiger charge is -2.14. The number of carbonyl (C=O) groups is 1. The fourth-order valence-corrected chi connectivity index (χ4v) is 4.11. The molecule has 0 heterocycles. The van der Waals surface area contributed by atoms with E-state index in [-0.39, 0.29) is 17.0 Å². The third kappa shape index (κ3) is 5.66. The first kappa shape index (κ1) is 20.6. The van der Waals surface area contributed by atoms with Gasteiger partial charge in [-0.3, -0.25) is 0 Å². The maximum Gasteiger partial charge on any atom is 0.335 e. The Morgan fingerprint density at radius 2 is 1.48 bits per heavy atom. The highest BCUT2D eigenvalue weighted by Crippen LogP contribution is 2.24. The quantitative estimate of drug-likeness (QED) is 0.502. The van der Waals surface area contributed by atoms with Crippen molar-refractivity contribution in [3.8, 4) is 0 Å². The molecule has 0 bridgehead atoms. The van der Waals surface area contributed by atoms with E-state index in [0.29, 0.717) is 18.7 Å². The van der Waals surface area contributed by atoms with E-state index in [9.17, 15) is 18.3 Å². The highest BCUT2D eigenvalue weighted by Gasteiger charge is 2.20. The number of hydrogen-bond donors (Lipinski definition) is 3. The molecular weight excluding hydrogens is 388 g/mol. The average molecular weight is 410 g/mol. The molecule has 0 aliphatic heterocycles. The molecule has 7 heteroatoms. The zero-order valence-corrected chi connectivity index (χ0v) is 16.5. The zero-order valence-electron chi connectivity index (χ0n) is 15.7.